The molecule has 0 aliphatic heterocycles. The number of hydrogen-bond donors (Lipinski definition) is 1. The minimum atomic E-state index is -0.165. The van der Waals surface area contributed by atoms with Crippen molar-refractivity contribution >= 4 is 12.1 Å². The number of hydrazone groups is 1. The van der Waals surface area contributed by atoms with E-state index in [1.807, 2.05) is 44.2 Å². The van der Waals surface area contributed by atoms with E-state index in [1.165, 1.54) is 6.92 Å². The summed E-state index contributed by atoms with van der Waals surface area (Å²) < 4.78 is 0. The second-order valence-corrected chi connectivity index (χ2v) is 2.34. The standard InChI is InChI=1S/C9H10N2O.C2H6/c1-8(12)11-10-7-9-5-3-2-4-6-9;1-2/h2-7H,1H3,(H,11,12);1-2H3/b10-7-;. The Bertz CT molecular complexity index is 281. The number of nitrogens with one attached hydrogen (secondary N) is 1. The molecule has 0 aliphatic rings. The van der Waals surface area contributed by atoms with Crippen molar-refractivity contribution in [2.45, 2.75) is 20.8 Å². The number of benzene rings is 1. The molecule has 0 aliphatic carbocycles. The molecule has 0 radical (unpaired) electrons. The van der Waals surface area contributed by atoms with Crippen molar-refractivity contribution in [3.63, 3.8) is 0 Å². The van der Waals surface area contributed by atoms with Crippen LogP contribution in [0.5, 0.6) is 0 Å². The van der Waals surface area contributed by atoms with Crippen LogP contribution in [0.1, 0.15) is 26.3 Å². The van der Waals surface area contributed by atoms with Gasteiger partial charge in [0.2, 0.25) is 5.91 Å². The van der Waals surface area contributed by atoms with E-state index in [0.717, 1.165) is 5.56 Å². The van der Waals surface area contributed by atoms with Gasteiger partial charge in [-0.1, -0.05) is 44.2 Å². The summed E-state index contributed by atoms with van der Waals surface area (Å²) in [5, 5.41) is 3.72. The molecule has 0 heterocycles. The first-order chi connectivity index (χ1) is 6.79. The number of amides is 1. The van der Waals surface area contributed by atoms with Crippen molar-refractivity contribution in [1.29, 1.82) is 0 Å². The molecule has 1 aromatic carbocycles. The molecule has 14 heavy (non-hydrogen) atoms. The lowest BCUT2D eigenvalue weighted by molar-refractivity contribution is -0.118. The summed E-state index contributed by atoms with van der Waals surface area (Å²) >= 11 is 0. The SMILES string of the molecule is CC.CC(=O)N/N=C\c1ccccc1. The van der Waals surface area contributed by atoms with Gasteiger partial charge in [-0.15, -0.1) is 0 Å². The van der Waals surface area contributed by atoms with Crippen LogP contribution in [0.2, 0.25) is 0 Å². The normalized spacial score (nSPS) is 9.07. The first kappa shape index (κ1) is 12.4. The summed E-state index contributed by atoms with van der Waals surface area (Å²) in [6.07, 6.45) is 1.60. The van der Waals surface area contributed by atoms with Crippen molar-refractivity contribution < 1.29 is 4.79 Å². The predicted molar refractivity (Wildman–Crippen MR) is 59.2 cm³/mol. The van der Waals surface area contributed by atoms with Crippen LogP contribution < -0.4 is 5.43 Å². The highest BCUT2D eigenvalue weighted by Crippen LogP contribution is 1.92. The van der Waals surface area contributed by atoms with Gasteiger partial charge in [0.1, 0.15) is 0 Å². The van der Waals surface area contributed by atoms with Gasteiger partial charge in [-0.2, -0.15) is 5.10 Å². The Hall–Kier alpha value is -1.64. The molecule has 0 atom stereocenters. The fraction of sp³-hybridized carbons (Fsp3) is 0.273. The first-order valence-corrected chi connectivity index (χ1v) is 4.64. The molecule has 1 rings (SSSR count). The van der Waals surface area contributed by atoms with Gasteiger partial charge in [0, 0.05) is 6.92 Å². The molecular weight excluding hydrogens is 176 g/mol. The van der Waals surface area contributed by atoms with Crippen LogP contribution in [0.25, 0.3) is 0 Å². The molecule has 3 nitrogen and oxygen atoms in total. The van der Waals surface area contributed by atoms with Crippen molar-refractivity contribution in [3.8, 4) is 0 Å². The Morgan fingerprint density at radius 3 is 2.36 bits per heavy atom. The maximum Gasteiger partial charge on any atom is 0.236 e. The lowest BCUT2D eigenvalue weighted by Gasteiger charge is -1.91. The van der Waals surface area contributed by atoms with E-state index >= 15 is 0 Å². The van der Waals surface area contributed by atoms with Gasteiger partial charge in [0.15, 0.2) is 0 Å². The molecule has 1 amide bonds. The van der Waals surface area contributed by atoms with Crippen LogP contribution in [0.15, 0.2) is 35.4 Å². The third kappa shape index (κ3) is 5.94. The van der Waals surface area contributed by atoms with Gasteiger partial charge in [-0.25, -0.2) is 5.43 Å². The van der Waals surface area contributed by atoms with E-state index in [4.69, 9.17) is 0 Å². The van der Waals surface area contributed by atoms with Gasteiger partial charge < -0.3 is 0 Å². The van der Waals surface area contributed by atoms with E-state index in [9.17, 15) is 4.79 Å². The highest BCUT2D eigenvalue weighted by atomic mass is 16.2. The Balaban J connectivity index is 0.000000791. The van der Waals surface area contributed by atoms with Crippen LogP contribution in [0.3, 0.4) is 0 Å². The number of carbonyl (C=O) groups is 1. The topological polar surface area (TPSA) is 41.5 Å². The molecular formula is C11H16N2O. The molecule has 0 bridgehead atoms. The highest BCUT2D eigenvalue weighted by Gasteiger charge is 1.84. The summed E-state index contributed by atoms with van der Waals surface area (Å²) in [7, 11) is 0. The number of carbonyl (C=O) groups excluding carboxylic acids is 1. The third-order valence-electron chi connectivity index (χ3n) is 1.24. The third-order valence-corrected chi connectivity index (χ3v) is 1.24. The monoisotopic (exact) mass is 192 g/mol. The zero-order valence-corrected chi connectivity index (χ0v) is 8.82. The Morgan fingerprint density at radius 1 is 1.29 bits per heavy atom. The van der Waals surface area contributed by atoms with Gasteiger partial charge >= 0.3 is 0 Å². The van der Waals surface area contributed by atoms with Crippen molar-refractivity contribution in [3.05, 3.63) is 35.9 Å². The molecule has 0 fully saturated rings. The van der Waals surface area contributed by atoms with Crippen LogP contribution >= 0.6 is 0 Å². The van der Waals surface area contributed by atoms with Crippen LogP contribution in [0.4, 0.5) is 0 Å². The minimum Gasteiger partial charge on any atom is -0.274 e. The summed E-state index contributed by atoms with van der Waals surface area (Å²) in [6.45, 7) is 5.42. The number of nitrogens with zero attached hydrogens (tertiary/aromatic N) is 1. The predicted octanol–water partition coefficient (Wildman–Crippen LogP) is 2.18. The molecule has 0 unspecified atom stereocenters. The Labute approximate surface area is 84.8 Å². The number of rotatable bonds is 2. The molecule has 1 aromatic rings. The summed E-state index contributed by atoms with van der Waals surface area (Å²) in [4.78, 5) is 10.4. The van der Waals surface area contributed by atoms with Gasteiger partial charge in [-0.05, 0) is 5.56 Å². The molecule has 0 aromatic heterocycles. The summed E-state index contributed by atoms with van der Waals surface area (Å²) in [6, 6.07) is 9.57. The Morgan fingerprint density at radius 2 is 1.86 bits per heavy atom. The quantitative estimate of drug-likeness (QED) is 0.566. The lowest BCUT2D eigenvalue weighted by atomic mass is 10.2. The average Bonchev–Trinajstić information content (AvgIpc) is 2.22. The van der Waals surface area contributed by atoms with E-state index in [2.05, 4.69) is 10.5 Å². The van der Waals surface area contributed by atoms with E-state index in [1.54, 1.807) is 6.21 Å². The molecule has 0 saturated heterocycles. The second kappa shape index (κ2) is 7.98. The van der Waals surface area contributed by atoms with Crippen molar-refractivity contribution in [2.75, 3.05) is 0 Å². The van der Waals surface area contributed by atoms with Crippen LogP contribution in [0, 0.1) is 0 Å². The largest absolute Gasteiger partial charge is 0.274 e. The fourth-order valence-corrected chi connectivity index (χ4v) is 0.737. The molecule has 76 valence electrons. The summed E-state index contributed by atoms with van der Waals surface area (Å²) in [5.74, 6) is -0.165. The molecule has 1 N–H and O–H groups in total. The summed E-state index contributed by atoms with van der Waals surface area (Å²) in [5.41, 5.74) is 3.29. The van der Waals surface area contributed by atoms with E-state index in [0.29, 0.717) is 0 Å². The van der Waals surface area contributed by atoms with Gasteiger partial charge in [-0.3, -0.25) is 4.79 Å². The zero-order valence-electron chi connectivity index (χ0n) is 8.82. The number of hydrogen-bond acceptors (Lipinski definition) is 2. The first-order valence-electron chi connectivity index (χ1n) is 4.64. The average molecular weight is 192 g/mol. The van der Waals surface area contributed by atoms with Crippen LogP contribution in [-0.4, -0.2) is 12.1 Å². The van der Waals surface area contributed by atoms with Crippen LogP contribution in [-0.2, 0) is 4.79 Å². The zero-order chi connectivity index (χ0) is 10.8. The maximum atomic E-state index is 10.4. The van der Waals surface area contributed by atoms with Gasteiger partial charge in [0.05, 0.1) is 6.21 Å². The minimum absolute atomic E-state index is 0.165. The molecule has 3 heteroatoms. The van der Waals surface area contributed by atoms with Crippen molar-refractivity contribution in [2.24, 2.45) is 5.10 Å². The Kier molecular flexibility index (Phi) is 7.05. The lowest BCUT2D eigenvalue weighted by Crippen LogP contribution is -2.12. The van der Waals surface area contributed by atoms with E-state index < -0.39 is 0 Å². The molecule has 0 spiro atoms. The smallest absolute Gasteiger partial charge is 0.236 e. The molecule has 0 saturated carbocycles. The van der Waals surface area contributed by atoms with Gasteiger partial charge in [0.25, 0.3) is 0 Å². The van der Waals surface area contributed by atoms with Crippen molar-refractivity contribution in [1.82, 2.24) is 5.43 Å². The highest BCUT2D eigenvalue weighted by molar-refractivity contribution is 5.81. The van der Waals surface area contributed by atoms with E-state index in [-0.39, 0.29) is 5.91 Å². The maximum absolute atomic E-state index is 10.4. The second-order valence-electron chi connectivity index (χ2n) is 2.34. The fourth-order valence-electron chi connectivity index (χ4n) is 0.737.